The van der Waals surface area contributed by atoms with Gasteiger partial charge < -0.3 is 5.11 Å². The third-order valence-electron chi connectivity index (χ3n) is 6.93. The molecule has 0 aliphatic rings. The third-order valence-corrected chi connectivity index (χ3v) is 6.93. The van der Waals surface area contributed by atoms with Crippen molar-refractivity contribution in [2.24, 2.45) is 11.8 Å². The second-order valence-corrected chi connectivity index (χ2v) is 11.2. The Bertz CT molecular complexity index is 473. The van der Waals surface area contributed by atoms with Crippen LogP contribution >= 0.6 is 0 Å². The van der Waals surface area contributed by atoms with E-state index in [0.717, 1.165) is 38.5 Å². The number of aliphatic hydroxyl groups is 1. The lowest BCUT2D eigenvalue weighted by atomic mass is 9.81. The summed E-state index contributed by atoms with van der Waals surface area (Å²) in [5, 5.41) is 11.6. The van der Waals surface area contributed by atoms with Crippen molar-refractivity contribution in [1.29, 1.82) is 0 Å². The molecule has 0 saturated carbocycles. The van der Waals surface area contributed by atoms with Crippen LogP contribution in [0, 0.1) is 11.8 Å². The molecule has 0 aromatic rings. The van der Waals surface area contributed by atoms with Crippen molar-refractivity contribution in [2.45, 2.75) is 150 Å². The lowest BCUT2D eigenvalue weighted by Crippen LogP contribution is -2.30. The summed E-state index contributed by atoms with van der Waals surface area (Å²) < 4.78 is 0. The lowest BCUT2D eigenvalue weighted by molar-refractivity contribution is 0.00118. The Balaban J connectivity index is 4.52. The minimum Gasteiger partial charge on any atom is -0.390 e. The maximum absolute atomic E-state index is 11.6. The highest BCUT2D eigenvalue weighted by molar-refractivity contribution is 4.93. The van der Waals surface area contributed by atoms with E-state index in [-0.39, 0.29) is 0 Å². The largest absolute Gasteiger partial charge is 0.390 e. The van der Waals surface area contributed by atoms with Crippen molar-refractivity contribution >= 4 is 0 Å². The Labute approximate surface area is 202 Å². The molecule has 0 aromatic carbocycles. The van der Waals surface area contributed by atoms with Crippen LogP contribution in [0.2, 0.25) is 0 Å². The molecule has 0 radical (unpaired) electrons. The van der Waals surface area contributed by atoms with E-state index in [1.54, 1.807) is 0 Å². The van der Waals surface area contributed by atoms with E-state index < -0.39 is 5.60 Å². The normalized spacial score (nSPS) is 15.0. The van der Waals surface area contributed by atoms with Crippen molar-refractivity contribution in [3.05, 3.63) is 36.0 Å². The third kappa shape index (κ3) is 19.8. The summed E-state index contributed by atoms with van der Waals surface area (Å²) >= 11 is 0. The molecule has 1 heteroatoms. The summed E-state index contributed by atoms with van der Waals surface area (Å²) in [6.45, 7) is 17.3. The average Bonchev–Trinajstić information content (AvgIpc) is 2.72. The van der Waals surface area contributed by atoms with Gasteiger partial charge in [0.15, 0.2) is 0 Å². The highest BCUT2D eigenvalue weighted by Crippen LogP contribution is 2.31. The topological polar surface area (TPSA) is 20.2 Å². The molecule has 0 aromatic heterocycles. The summed E-state index contributed by atoms with van der Waals surface area (Å²) in [5.74, 6) is 1.38. The predicted octanol–water partition coefficient (Wildman–Crippen LogP) is 10.3. The average molecular weight is 447 g/mol. The molecule has 1 N–H and O–H groups in total. The van der Waals surface area contributed by atoms with Crippen LogP contribution in [0.3, 0.4) is 0 Å². The zero-order chi connectivity index (χ0) is 24.2. The molecular formula is C31H58O. The van der Waals surface area contributed by atoms with Crippen LogP contribution in [-0.2, 0) is 0 Å². The smallest absolute Gasteiger partial charge is 0.0648 e. The molecule has 0 fully saturated rings. The molecule has 0 bridgehead atoms. The highest BCUT2D eigenvalue weighted by atomic mass is 16.3. The first-order chi connectivity index (χ1) is 15.2. The van der Waals surface area contributed by atoms with E-state index in [9.17, 15) is 5.11 Å². The van der Waals surface area contributed by atoms with E-state index in [1.165, 1.54) is 75.4 Å². The number of unbranched alkanes of at least 4 members (excludes halogenated alkanes) is 6. The van der Waals surface area contributed by atoms with Gasteiger partial charge in [0.2, 0.25) is 0 Å². The number of hydrogen-bond acceptors (Lipinski definition) is 1. The van der Waals surface area contributed by atoms with Crippen LogP contribution in [0.25, 0.3) is 0 Å². The molecule has 0 heterocycles. The van der Waals surface area contributed by atoms with Gasteiger partial charge in [-0.3, -0.25) is 0 Å². The fourth-order valence-electron chi connectivity index (χ4n) is 4.46. The summed E-state index contributed by atoms with van der Waals surface area (Å²) in [4.78, 5) is 0. The SMILES string of the molecule is C=CCCCCCCCCC(O)(CCC(C)CCC=C(C)C)CCC(C)CCC=C(C)C. The highest BCUT2D eigenvalue weighted by Gasteiger charge is 2.27. The van der Waals surface area contributed by atoms with Crippen LogP contribution in [0.4, 0.5) is 0 Å². The number of rotatable bonds is 21. The van der Waals surface area contributed by atoms with Gasteiger partial charge in [-0.2, -0.15) is 0 Å². The Morgan fingerprint density at radius 1 is 0.656 bits per heavy atom. The quantitative estimate of drug-likeness (QED) is 0.137. The van der Waals surface area contributed by atoms with Crippen molar-refractivity contribution in [3.63, 3.8) is 0 Å². The summed E-state index contributed by atoms with van der Waals surface area (Å²) in [5.41, 5.74) is 2.37. The Morgan fingerprint density at radius 2 is 1.09 bits per heavy atom. The fraction of sp³-hybridized carbons (Fsp3) is 0.806. The minimum absolute atomic E-state index is 0.460. The Morgan fingerprint density at radius 3 is 1.53 bits per heavy atom. The molecule has 0 aliphatic heterocycles. The van der Waals surface area contributed by atoms with Crippen molar-refractivity contribution < 1.29 is 5.11 Å². The Hall–Kier alpha value is -0.820. The van der Waals surface area contributed by atoms with Gasteiger partial charge >= 0.3 is 0 Å². The summed E-state index contributed by atoms with van der Waals surface area (Å²) in [7, 11) is 0. The van der Waals surface area contributed by atoms with E-state index in [4.69, 9.17) is 0 Å². The van der Waals surface area contributed by atoms with Crippen LogP contribution in [0.15, 0.2) is 36.0 Å². The minimum atomic E-state index is -0.460. The monoisotopic (exact) mass is 446 g/mol. The van der Waals surface area contributed by atoms with Crippen molar-refractivity contribution in [1.82, 2.24) is 0 Å². The van der Waals surface area contributed by atoms with Gasteiger partial charge in [-0.05, 0) is 110 Å². The van der Waals surface area contributed by atoms with Gasteiger partial charge in [-0.25, -0.2) is 0 Å². The van der Waals surface area contributed by atoms with Gasteiger partial charge in [-0.1, -0.05) is 75.3 Å². The summed E-state index contributed by atoms with van der Waals surface area (Å²) in [6, 6.07) is 0. The van der Waals surface area contributed by atoms with Gasteiger partial charge in [0.05, 0.1) is 5.60 Å². The van der Waals surface area contributed by atoms with Crippen molar-refractivity contribution in [2.75, 3.05) is 0 Å². The van der Waals surface area contributed by atoms with Gasteiger partial charge in [0.1, 0.15) is 0 Å². The van der Waals surface area contributed by atoms with Crippen molar-refractivity contribution in [3.8, 4) is 0 Å². The molecule has 1 nitrogen and oxygen atoms in total. The van der Waals surface area contributed by atoms with Gasteiger partial charge in [-0.15, -0.1) is 6.58 Å². The zero-order valence-electron chi connectivity index (χ0n) is 22.9. The fourth-order valence-corrected chi connectivity index (χ4v) is 4.46. The molecule has 0 rings (SSSR count). The first-order valence-corrected chi connectivity index (χ1v) is 13.8. The maximum Gasteiger partial charge on any atom is 0.0648 e. The summed E-state index contributed by atoms with van der Waals surface area (Å²) in [6.07, 6.45) is 25.6. The molecular weight excluding hydrogens is 388 g/mol. The number of hydrogen-bond donors (Lipinski definition) is 1. The van der Waals surface area contributed by atoms with Gasteiger partial charge in [0.25, 0.3) is 0 Å². The second kappa shape index (κ2) is 19.6. The van der Waals surface area contributed by atoms with Crippen LogP contribution < -0.4 is 0 Å². The molecule has 2 unspecified atom stereocenters. The van der Waals surface area contributed by atoms with E-state index in [0.29, 0.717) is 11.8 Å². The zero-order valence-corrected chi connectivity index (χ0v) is 22.9. The Kier molecular flexibility index (Phi) is 19.1. The molecule has 0 spiro atoms. The molecule has 0 aliphatic carbocycles. The van der Waals surface area contributed by atoms with Gasteiger partial charge in [0, 0.05) is 0 Å². The van der Waals surface area contributed by atoms with Crippen LogP contribution in [0.1, 0.15) is 144 Å². The molecule has 32 heavy (non-hydrogen) atoms. The molecule has 188 valence electrons. The van der Waals surface area contributed by atoms with Crippen LogP contribution in [-0.4, -0.2) is 10.7 Å². The first-order valence-electron chi connectivity index (χ1n) is 13.8. The second-order valence-electron chi connectivity index (χ2n) is 11.2. The number of allylic oxidation sites excluding steroid dienone is 5. The van der Waals surface area contributed by atoms with E-state index in [1.807, 2.05) is 6.08 Å². The van der Waals surface area contributed by atoms with Crippen LogP contribution in [0.5, 0.6) is 0 Å². The predicted molar refractivity (Wildman–Crippen MR) is 146 cm³/mol. The first kappa shape index (κ1) is 31.2. The molecule has 0 amide bonds. The molecule has 2 atom stereocenters. The standard InChI is InChI=1S/C31H58O/c1-8-9-10-11-12-13-14-15-24-31(32,25-22-29(6)20-16-18-27(2)3)26-23-30(7)21-17-19-28(4)5/h8,18-19,29-30,32H,1,9-17,20-26H2,2-7H3. The lowest BCUT2D eigenvalue weighted by Gasteiger charge is -2.31. The van der Waals surface area contributed by atoms with E-state index in [2.05, 4.69) is 60.3 Å². The maximum atomic E-state index is 11.6. The molecule has 0 saturated heterocycles. The van der Waals surface area contributed by atoms with E-state index >= 15 is 0 Å².